The van der Waals surface area contributed by atoms with Gasteiger partial charge in [0.05, 0.1) is 5.75 Å². The van der Waals surface area contributed by atoms with Crippen LogP contribution >= 0.6 is 12.4 Å². The second-order valence-electron chi connectivity index (χ2n) is 4.71. The zero-order chi connectivity index (χ0) is 13.5. The molecule has 1 amide bonds. The zero-order valence-corrected chi connectivity index (χ0v) is 13.2. The van der Waals surface area contributed by atoms with Crippen molar-refractivity contribution in [1.82, 2.24) is 10.6 Å². The van der Waals surface area contributed by atoms with Gasteiger partial charge < -0.3 is 10.6 Å². The van der Waals surface area contributed by atoms with Crippen LogP contribution in [-0.4, -0.2) is 45.0 Å². The Hall–Kier alpha value is -0.330. The van der Waals surface area contributed by atoms with Gasteiger partial charge in [0.15, 0.2) is 9.84 Å². The molecule has 1 atom stereocenters. The monoisotopic (exact) mass is 300 g/mol. The summed E-state index contributed by atoms with van der Waals surface area (Å²) in [5.74, 6) is -0.725. The van der Waals surface area contributed by atoms with Crippen LogP contribution in [-0.2, 0) is 14.6 Å². The summed E-state index contributed by atoms with van der Waals surface area (Å²) >= 11 is 0. The Labute approximate surface area is 116 Å². The highest BCUT2D eigenvalue weighted by atomic mass is 35.5. The first-order valence-corrected chi connectivity index (χ1v) is 7.79. The minimum atomic E-state index is -3.27. The SMILES string of the molecule is CCN[C@H](C)CNC(=O)CS(=O)(=O)CC(C)C.Cl. The highest BCUT2D eigenvalue weighted by Crippen LogP contribution is 2.00. The number of amides is 1. The lowest BCUT2D eigenvalue weighted by Crippen LogP contribution is -2.41. The summed E-state index contributed by atoms with van der Waals surface area (Å²) in [6.45, 7) is 8.83. The van der Waals surface area contributed by atoms with E-state index in [1.54, 1.807) is 0 Å². The van der Waals surface area contributed by atoms with Crippen LogP contribution in [0.25, 0.3) is 0 Å². The number of rotatable bonds is 8. The second kappa shape index (κ2) is 9.58. The van der Waals surface area contributed by atoms with Crippen molar-refractivity contribution in [2.24, 2.45) is 5.92 Å². The van der Waals surface area contributed by atoms with Crippen molar-refractivity contribution in [2.45, 2.75) is 33.7 Å². The molecule has 0 radical (unpaired) electrons. The molecule has 7 heteroatoms. The lowest BCUT2D eigenvalue weighted by molar-refractivity contribution is -0.118. The number of likely N-dealkylation sites (N-methyl/N-ethyl adjacent to an activating group) is 1. The largest absolute Gasteiger partial charge is 0.354 e. The van der Waals surface area contributed by atoms with E-state index in [2.05, 4.69) is 10.6 Å². The molecular formula is C11H25ClN2O3S. The Morgan fingerprint density at radius 3 is 2.22 bits per heavy atom. The van der Waals surface area contributed by atoms with E-state index >= 15 is 0 Å². The molecule has 0 rings (SSSR count). The van der Waals surface area contributed by atoms with Gasteiger partial charge in [-0.3, -0.25) is 4.79 Å². The molecule has 0 aliphatic rings. The van der Waals surface area contributed by atoms with E-state index in [0.29, 0.717) is 6.54 Å². The first kappa shape index (κ1) is 20.0. The van der Waals surface area contributed by atoms with Gasteiger partial charge in [-0.05, 0) is 19.4 Å². The Morgan fingerprint density at radius 2 is 1.78 bits per heavy atom. The number of carbonyl (C=O) groups is 1. The molecular weight excluding hydrogens is 276 g/mol. The van der Waals surface area contributed by atoms with Crippen molar-refractivity contribution in [1.29, 1.82) is 0 Å². The summed E-state index contributed by atoms with van der Waals surface area (Å²) in [4.78, 5) is 11.4. The number of halogens is 1. The normalized spacial score (nSPS) is 12.9. The summed E-state index contributed by atoms with van der Waals surface area (Å²) in [5.41, 5.74) is 0. The molecule has 2 N–H and O–H groups in total. The zero-order valence-electron chi connectivity index (χ0n) is 11.5. The third-order valence-corrected chi connectivity index (χ3v) is 3.97. The van der Waals surface area contributed by atoms with Crippen LogP contribution in [0.15, 0.2) is 0 Å². The van der Waals surface area contributed by atoms with Crippen LogP contribution in [0.3, 0.4) is 0 Å². The fourth-order valence-electron chi connectivity index (χ4n) is 1.51. The molecule has 0 aromatic heterocycles. The minimum Gasteiger partial charge on any atom is -0.354 e. The third kappa shape index (κ3) is 10.8. The quantitative estimate of drug-likeness (QED) is 0.688. The summed E-state index contributed by atoms with van der Waals surface area (Å²) < 4.78 is 23.1. The van der Waals surface area contributed by atoms with Crippen molar-refractivity contribution in [3.63, 3.8) is 0 Å². The van der Waals surface area contributed by atoms with Gasteiger partial charge in [0, 0.05) is 12.6 Å². The summed E-state index contributed by atoms with van der Waals surface area (Å²) in [6.07, 6.45) is 0. The van der Waals surface area contributed by atoms with Gasteiger partial charge in [0.25, 0.3) is 0 Å². The van der Waals surface area contributed by atoms with E-state index in [9.17, 15) is 13.2 Å². The van der Waals surface area contributed by atoms with Gasteiger partial charge in [-0.1, -0.05) is 20.8 Å². The van der Waals surface area contributed by atoms with Gasteiger partial charge in [0.2, 0.25) is 5.91 Å². The Kier molecular flexibility index (Phi) is 10.6. The standard InChI is InChI=1S/C11H24N2O3S.ClH/c1-5-12-10(4)6-13-11(14)8-17(15,16)7-9(2)3;/h9-10,12H,5-8H2,1-4H3,(H,13,14);1H/t10-;/m1./s1. The molecule has 0 bridgehead atoms. The second-order valence-corrected chi connectivity index (χ2v) is 6.82. The third-order valence-electron chi connectivity index (χ3n) is 2.10. The number of carbonyl (C=O) groups excluding carboxylic acids is 1. The van der Waals surface area contributed by atoms with E-state index in [-0.39, 0.29) is 30.1 Å². The van der Waals surface area contributed by atoms with Crippen LogP contribution in [0, 0.1) is 5.92 Å². The van der Waals surface area contributed by atoms with Crippen LogP contribution in [0.4, 0.5) is 0 Å². The summed E-state index contributed by atoms with van der Waals surface area (Å²) in [5, 5.41) is 5.75. The van der Waals surface area contributed by atoms with E-state index in [4.69, 9.17) is 0 Å². The molecule has 0 aliphatic heterocycles. The molecule has 0 heterocycles. The molecule has 0 aromatic rings. The fraction of sp³-hybridized carbons (Fsp3) is 0.909. The molecule has 0 saturated carbocycles. The predicted molar refractivity (Wildman–Crippen MR) is 76.9 cm³/mol. The van der Waals surface area contributed by atoms with Crippen molar-refractivity contribution >= 4 is 28.2 Å². The summed E-state index contributed by atoms with van der Waals surface area (Å²) in [7, 11) is -3.27. The van der Waals surface area contributed by atoms with Gasteiger partial charge in [-0.2, -0.15) is 0 Å². The maximum Gasteiger partial charge on any atom is 0.235 e. The Morgan fingerprint density at radius 1 is 1.22 bits per heavy atom. The number of nitrogens with one attached hydrogen (secondary N) is 2. The molecule has 5 nitrogen and oxygen atoms in total. The molecule has 0 aliphatic carbocycles. The average Bonchev–Trinajstić information content (AvgIpc) is 2.12. The van der Waals surface area contributed by atoms with Crippen LogP contribution in [0.5, 0.6) is 0 Å². The molecule has 0 unspecified atom stereocenters. The maximum absolute atomic E-state index is 11.5. The lowest BCUT2D eigenvalue weighted by Gasteiger charge is -2.13. The topological polar surface area (TPSA) is 75.3 Å². The van der Waals surface area contributed by atoms with Crippen LogP contribution in [0.1, 0.15) is 27.7 Å². The highest BCUT2D eigenvalue weighted by molar-refractivity contribution is 7.92. The molecule has 0 fully saturated rings. The Bertz CT molecular complexity index is 331. The van der Waals surface area contributed by atoms with Gasteiger partial charge >= 0.3 is 0 Å². The minimum absolute atomic E-state index is 0. The first-order chi connectivity index (χ1) is 7.76. The Balaban J connectivity index is 0. The highest BCUT2D eigenvalue weighted by Gasteiger charge is 2.18. The van der Waals surface area contributed by atoms with E-state index in [1.165, 1.54) is 0 Å². The lowest BCUT2D eigenvalue weighted by atomic mass is 10.3. The van der Waals surface area contributed by atoms with Crippen molar-refractivity contribution in [2.75, 3.05) is 24.6 Å². The molecule has 0 saturated heterocycles. The van der Waals surface area contributed by atoms with Gasteiger partial charge in [-0.25, -0.2) is 8.42 Å². The first-order valence-electron chi connectivity index (χ1n) is 5.97. The molecule has 0 aromatic carbocycles. The number of hydrogen-bond donors (Lipinski definition) is 2. The van der Waals surface area contributed by atoms with E-state index in [1.807, 2.05) is 27.7 Å². The predicted octanol–water partition coefficient (Wildman–Crippen LogP) is 0.593. The van der Waals surface area contributed by atoms with Crippen LogP contribution < -0.4 is 10.6 Å². The smallest absolute Gasteiger partial charge is 0.235 e. The van der Waals surface area contributed by atoms with Gasteiger partial charge in [0.1, 0.15) is 5.75 Å². The number of sulfone groups is 1. The molecule has 110 valence electrons. The van der Waals surface area contributed by atoms with Crippen molar-refractivity contribution in [3.8, 4) is 0 Å². The fourth-order valence-corrected chi connectivity index (χ4v) is 3.14. The summed E-state index contributed by atoms with van der Waals surface area (Å²) in [6, 6.07) is 0.150. The molecule has 0 spiro atoms. The maximum atomic E-state index is 11.5. The van der Waals surface area contributed by atoms with E-state index in [0.717, 1.165) is 6.54 Å². The average molecular weight is 301 g/mol. The van der Waals surface area contributed by atoms with Gasteiger partial charge in [-0.15, -0.1) is 12.4 Å². The van der Waals surface area contributed by atoms with Crippen molar-refractivity contribution < 1.29 is 13.2 Å². The van der Waals surface area contributed by atoms with Crippen LogP contribution in [0.2, 0.25) is 0 Å². The van der Waals surface area contributed by atoms with Crippen molar-refractivity contribution in [3.05, 3.63) is 0 Å². The molecule has 18 heavy (non-hydrogen) atoms. The number of hydrogen-bond acceptors (Lipinski definition) is 4. The van der Waals surface area contributed by atoms with E-state index < -0.39 is 21.5 Å².